The molecule has 1 rings (SSSR count). The number of nitrogens with zero attached hydrogens (tertiary/aromatic N) is 2. The van der Waals surface area contributed by atoms with Gasteiger partial charge >= 0.3 is 0 Å². The Hall–Kier alpha value is -0.950. The van der Waals surface area contributed by atoms with E-state index in [-0.39, 0.29) is 0 Å². The maximum Gasteiger partial charge on any atom is 0.281 e. The molecule has 2 N–H and O–H groups in total. The summed E-state index contributed by atoms with van der Waals surface area (Å²) in [6.07, 6.45) is 0.690. The summed E-state index contributed by atoms with van der Waals surface area (Å²) in [7, 11) is -1.82. The maximum atomic E-state index is 12.6. The van der Waals surface area contributed by atoms with E-state index in [0.29, 0.717) is 38.5 Å². The minimum Gasteiger partial charge on any atom is -0.329 e. The molecule has 0 atom stereocenters. The second-order valence-electron chi connectivity index (χ2n) is 5.61. The van der Waals surface area contributed by atoms with Crippen LogP contribution in [0.2, 0.25) is 0 Å². The summed E-state index contributed by atoms with van der Waals surface area (Å²) in [5, 5.41) is 0. The second-order valence-corrected chi connectivity index (χ2v) is 7.64. The van der Waals surface area contributed by atoms with Gasteiger partial charge in [-0.25, -0.2) is 0 Å². The summed E-state index contributed by atoms with van der Waals surface area (Å²) >= 11 is 0. The van der Waals surface area contributed by atoms with Gasteiger partial charge in [-0.3, -0.25) is 0 Å². The van der Waals surface area contributed by atoms with Crippen LogP contribution in [-0.2, 0) is 16.6 Å². The zero-order valence-corrected chi connectivity index (χ0v) is 14.0. The molecule has 0 aliphatic heterocycles. The van der Waals surface area contributed by atoms with Crippen LogP contribution in [0.3, 0.4) is 0 Å². The number of hydrogen-bond donors (Lipinski definition) is 1. The van der Waals surface area contributed by atoms with E-state index >= 15 is 0 Å². The Morgan fingerprint density at radius 3 is 2.29 bits per heavy atom. The van der Waals surface area contributed by atoms with Gasteiger partial charge in [0.1, 0.15) is 0 Å². The average Bonchev–Trinajstić information content (AvgIpc) is 2.43. The summed E-state index contributed by atoms with van der Waals surface area (Å²) in [4.78, 5) is 0. The Labute approximate surface area is 128 Å². The first kappa shape index (κ1) is 18.1. The first-order chi connectivity index (χ1) is 9.87. The fourth-order valence-corrected chi connectivity index (χ4v) is 3.73. The van der Waals surface area contributed by atoms with Crippen molar-refractivity contribution in [1.82, 2.24) is 8.61 Å². The first-order valence-corrected chi connectivity index (χ1v) is 8.73. The quantitative estimate of drug-likeness (QED) is 0.748. The molecule has 1 aromatic carbocycles. The topological polar surface area (TPSA) is 66.6 Å². The predicted octanol–water partition coefficient (Wildman–Crippen LogP) is 1.32. The monoisotopic (exact) mass is 313 g/mol. The van der Waals surface area contributed by atoms with Gasteiger partial charge in [0.15, 0.2) is 0 Å². The molecule has 0 aromatic heterocycles. The lowest BCUT2D eigenvalue weighted by atomic mass is 10.1. The zero-order valence-electron chi connectivity index (χ0n) is 13.2. The van der Waals surface area contributed by atoms with Crippen molar-refractivity contribution in [3.05, 3.63) is 35.9 Å². The molecule has 0 heterocycles. The van der Waals surface area contributed by atoms with Crippen LogP contribution in [0.25, 0.3) is 0 Å². The van der Waals surface area contributed by atoms with Gasteiger partial charge < -0.3 is 5.73 Å². The predicted molar refractivity (Wildman–Crippen MR) is 87.2 cm³/mol. The molecule has 0 radical (unpaired) electrons. The molecule has 6 heteroatoms. The summed E-state index contributed by atoms with van der Waals surface area (Å²) in [5.41, 5.74) is 6.70. The fourth-order valence-electron chi connectivity index (χ4n) is 2.19. The lowest BCUT2D eigenvalue weighted by Gasteiger charge is -2.28. The normalized spacial score (nSPS) is 12.5. The van der Waals surface area contributed by atoms with Gasteiger partial charge in [-0.1, -0.05) is 44.2 Å². The smallest absolute Gasteiger partial charge is 0.281 e. The van der Waals surface area contributed by atoms with Gasteiger partial charge in [0.2, 0.25) is 0 Å². The number of hydrogen-bond acceptors (Lipinski definition) is 3. The lowest BCUT2D eigenvalue weighted by Crippen LogP contribution is -2.45. The molecule has 0 spiro atoms. The maximum absolute atomic E-state index is 12.6. The van der Waals surface area contributed by atoms with Gasteiger partial charge in [-0.05, 0) is 17.9 Å². The Morgan fingerprint density at radius 2 is 1.76 bits per heavy atom. The van der Waals surface area contributed by atoms with Gasteiger partial charge in [0.25, 0.3) is 10.2 Å². The van der Waals surface area contributed by atoms with Crippen molar-refractivity contribution in [2.24, 2.45) is 11.7 Å². The van der Waals surface area contributed by atoms with E-state index in [4.69, 9.17) is 5.73 Å². The van der Waals surface area contributed by atoms with E-state index in [2.05, 4.69) is 0 Å². The summed E-state index contributed by atoms with van der Waals surface area (Å²) < 4.78 is 28.0. The molecule has 0 bridgehead atoms. The largest absolute Gasteiger partial charge is 0.329 e. The first-order valence-electron chi connectivity index (χ1n) is 7.33. The second kappa shape index (κ2) is 8.48. The molecule has 0 fully saturated rings. The van der Waals surface area contributed by atoms with Crippen LogP contribution in [0.4, 0.5) is 0 Å². The molecule has 0 saturated carbocycles. The minimum absolute atomic E-state index is 0.290. The van der Waals surface area contributed by atoms with Crippen molar-refractivity contribution >= 4 is 10.2 Å². The molecule has 5 nitrogen and oxygen atoms in total. The summed E-state index contributed by atoms with van der Waals surface area (Å²) in [6, 6.07) is 9.88. The van der Waals surface area contributed by atoms with Crippen LogP contribution >= 0.6 is 0 Å². The highest BCUT2D eigenvalue weighted by molar-refractivity contribution is 7.86. The molecule has 0 amide bonds. The van der Waals surface area contributed by atoms with Gasteiger partial charge in [0, 0.05) is 33.2 Å². The Bertz CT molecular complexity index is 503. The Balaban J connectivity index is 2.75. The number of rotatable bonds is 9. The van der Waals surface area contributed by atoms with Crippen LogP contribution in [0, 0.1) is 5.92 Å². The van der Waals surface area contributed by atoms with Crippen molar-refractivity contribution in [3.8, 4) is 0 Å². The van der Waals surface area contributed by atoms with E-state index in [1.165, 1.54) is 8.61 Å². The van der Waals surface area contributed by atoms with E-state index < -0.39 is 10.2 Å². The highest BCUT2D eigenvalue weighted by atomic mass is 32.2. The van der Waals surface area contributed by atoms with Crippen molar-refractivity contribution in [1.29, 1.82) is 0 Å². The molecule has 21 heavy (non-hydrogen) atoms. The number of benzene rings is 1. The third-order valence-corrected chi connectivity index (χ3v) is 5.17. The van der Waals surface area contributed by atoms with E-state index in [1.54, 1.807) is 7.05 Å². The lowest BCUT2D eigenvalue weighted by molar-refractivity contribution is 0.346. The average molecular weight is 313 g/mol. The molecule has 0 aliphatic carbocycles. The zero-order chi connectivity index (χ0) is 15.9. The SMILES string of the molecule is CC(C)CN(C)S(=O)(=O)N(CCN)CCc1ccccc1. The highest BCUT2D eigenvalue weighted by Gasteiger charge is 2.26. The van der Waals surface area contributed by atoms with Crippen molar-refractivity contribution in [3.63, 3.8) is 0 Å². The molecule has 0 unspecified atom stereocenters. The summed E-state index contributed by atoms with van der Waals surface area (Å²) in [6.45, 7) is 5.63. The molecular formula is C15H27N3O2S. The third-order valence-electron chi connectivity index (χ3n) is 3.21. The number of nitrogens with two attached hydrogens (primary N) is 1. The van der Waals surface area contributed by atoms with Gasteiger partial charge in [-0.2, -0.15) is 17.0 Å². The van der Waals surface area contributed by atoms with Crippen LogP contribution in [0.15, 0.2) is 30.3 Å². The molecule has 0 aliphatic rings. The standard InChI is InChI=1S/C15H27N3O2S/c1-14(2)13-17(3)21(19,20)18(12-10-16)11-9-15-7-5-4-6-8-15/h4-8,14H,9-13,16H2,1-3H3. The van der Waals surface area contributed by atoms with Crippen molar-refractivity contribution in [2.45, 2.75) is 20.3 Å². The van der Waals surface area contributed by atoms with Crippen LogP contribution in [0.1, 0.15) is 19.4 Å². The molecule has 1 aromatic rings. The molecule has 0 saturated heterocycles. The van der Waals surface area contributed by atoms with Gasteiger partial charge in [-0.15, -0.1) is 0 Å². The van der Waals surface area contributed by atoms with E-state index in [9.17, 15) is 8.42 Å². The van der Waals surface area contributed by atoms with Crippen molar-refractivity contribution in [2.75, 3.05) is 33.2 Å². The van der Waals surface area contributed by atoms with Crippen molar-refractivity contribution < 1.29 is 8.42 Å². The van der Waals surface area contributed by atoms with E-state index in [1.807, 2.05) is 44.2 Å². The Kier molecular flexibility index (Phi) is 7.31. The molecular weight excluding hydrogens is 286 g/mol. The summed E-state index contributed by atoms with van der Waals surface area (Å²) in [5.74, 6) is 0.290. The third kappa shape index (κ3) is 5.74. The van der Waals surface area contributed by atoms with Crippen LogP contribution < -0.4 is 5.73 Å². The van der Waals surface area contributed by atoms with Crippen LogP contribution in [0.5, 0.6) is 0 Å². The van der Waals surface area contributed by atoms with Crippen LogP contribution in [-0.4, -0.2) is 50.3 Å². The highest BCUT2D eigenvalue weighted by Crippen LogP contribution is 2.10. The fraction of sp³-hybridized carbons (Fsp3) is 0.600. The Morgan fingerprint density at radius 1 is 1.14 bits per heavy atom. The van der Waals surface area contributed by atoms with E-state index in [0.717, 1.165) is 5.56 Å². The molecule has 120 valence electrons. The van der Waals surface area contributed by atoms with Gasteiger partial charge in [0.05, 0.1) is 0 Å². The minimum atomic E-state index is -3.44.